The van der Waals surface area contributed by atoms with Crippen LogP contribution < -0.4 is 5.43 Å². The number of aromatic hydroxyl groups is 1. The van der Waals surface area contributed by atoms with E-state index >= 15 is 0 Å². The van der Waals surface area contributed by atoms with Crippen LogP contribution in [0.25, 0.3) is 5.65 Å². The number of benzene rings is 2. The number of pyridine rings is 1. The number of amides is 1. The minimum atomic E-state index is -0.381. The van der Waals surface area contributed by atoms with E-state index in [1.807, 2.05) is 35.7 Å². The predicted molar refractivity (Wildman–Crippen MR) is 121 cm³/mol. The molecule has 4 rings (SSSR count). The fraction of sp³-hybridized carbons (Fsp3) is 0.0455. The van der Waals surface area contributed by atoms with E-state index in [4.69, 9.17) is 0 Å². The summed E-state index contributed by atoms with van der Waals surface area (Å²) >= 11 is 3.27. The lowest BCUT2D eigenvalue weighted by Gasteiger charge is -2.01. The Bertz CT molecular complexity index is 1310. The molecule has 0 spiro atoms. The van der Waals surface area contributed by atoms with Crippen molar-refractivity contribution >= 4 is 45.2 Å². The van der Waals surface area contributed by atoms with Gasteiger partial charge in [0.2, 0.25) is 0 Å². The molecule has 2 heterocycles. The summed E-state index contributed by atoms with van der Waals surface area (Å²) in [5.41, 5.74) is 5.52. The molecule has 0 unspecified atom stereocenters. The van der Waals surface area contributed by atoms with Gasteiger partial charge in [0, 0.05) is 21.8 Å². The van der Waals surface area contributed by atoms with Gasteiger partial charge in [0.15, 0.2) is 5.82 Å². The molecule has 9 heteroatoms. The van der Waals surface area contributed by atoms with Gasteiger partial charge in [-0.15, -0.1) is 10.2 Å². The molecule has 154 valence electrons. The van der Waals surface area contributed by atoms with E-state index in [0.29, 0.717) is 22.6 Å². The van der Waals surface area contributed by atoms with Gasteiger partial charge in [0.05, 0.1) is 17.6 Å². The summed E-state index contributed by atoms with van der Waals surface area (Å²) in [5.74, 6) is 0.334. The number of azo groups is 1. The van der Waals surface area contributed by atoms with Gasteiger partial charge in [0.25, 0.3) is 5.91 Å². The van der Waals surface area contributed by atoms with Gasteiger partial charge in [0.1, 0.15) is 11.4 Å². The molecule has 2 aromatic heterocycles. The minimum absolute atomic E-state index is 0.0586. The third kappa shape index (κ3) is 4.67. The second-order valence-corrected chi connectivity index (χ2v) is 7.51. The largest absolute Gasteiger partial charge is 0.507 e. The summed E-state index contributed by atoms with van der Waals surface area (Å²) in [5, 5.41) is 22.3. The third-order valence-corrected chi connectivity index (χ3v) is 4.92. The number of nitrogens with one attached hydrogen (secondary N) is 1. The lowest BCUT2D eigenvalue weighted by Crippen LogP contribution is -2.17. The molecule has 0 aliphatic rings. The van der Waals surface area contributed by atoms with E-state index in [9.17, 15) is 9.90 Å². The zero-order chi connectivity index (χ0) is 21.8. The highest BCUT2D eigenvalue weighted by Crippen LogP contribution is 2.24. The molecule has 0 bridgehead atoms. The molecular weight excluding hydrogens is 460 g/mol. The number of carbonyl (C=O) groups is 1. The first-order valence-electron chi connectivity index (χ1n) is 9.29. The second kappa shape index (κ2) is 8.88. The highest BCUT2D eigenvalue weighted by molar-refractivity contribution is 9.10. The number of hydrogen-bond acceptors (Lipinski definition) is 6. The van der Waals surface area contributed by atoms with E-state index in [1.165, 1.54) is 6.21 Å². The SMILES string of the molecule is Cc1nc2ccccn2c1N=Nc1ccc(C(=O)N/N=C/c2ccc(Br)cc2O)cc1. The van der Waals surface area contributed by atoms with Gasteiger partial charge in [-0.25, -0.2) is 10.4 Å². The molecule has 4 aromatic rings. The normalized spacial score (nSPS) is 11.5. The number of fused-ring (bicyclic) bond motifs is 1. The number of phenolic OH excluding ortho intramolecular Hbond substituents is 1. The standard InChI is InChI=1S/C22H17BrN6O2/c1-14-21(29-11-3-2-4-20(29)25-14)27-26-18-9-6-15(7-10-18)22(31)28-24-13-16-5-8-17(23)12-19(16)30/h2-13,30H,1H3,(H,28,31)/b24-13+,27-26?. The molecule has 8 nitrogen and oxygen atoms in total. The van der Waals surface area contributed by atoms with Crippen LogP contribution in [0.2, 0.25) is 0 Å². The maximum absolute atomic E-state index is 12.3. The van der Waals surface area contributed by atoms with E-state index in [-0.39, 0.29) is 11.7 Å². The quantitative estimate of drug-likeness (QED) is 0.232. The van der Waals surface area contributed by atoms with Crippen molar-refractivity contribution in [3.05, 3.63) is 88.2 Å². The van der Waals surface area contributed by atoms with E-state index in [2.05, 4.69) is 41.7 Å². The van der Waals surface area contributed by atoms with Gasteiger partial charge in [-0.3, -0.25) is 9.20 Å². The molecule has 0 fully saturated rings. The number of aryl methyl sites for hydroxylation is 1. The van der Waals surface area contributed by atoms with Crippen molar-refractivity contribution in [1.29, 1.82) is 0 Å². The fourth-order valence-corrected chi connectivity index (χ4v) is 3.21. The maximum atomic E-state index is 12.3. The Kier molecular flexibility index (Phi) is 5.85. The average molecular weight is 477 g/mol. The van der Waals surface area contributed by atoms with Crippen LogP contribution in [0.5, 0.6) is 5.75 Å². The van der Waals surface area contributed by atoms with Gasteiger partial charge in [-0.1, -0.05) is 22.0 Å². The lowest BCUT2D eigenvalue weighted by molar-refractivity contribution is 0.0955. The predicted octanol–water partition coefficient (Wildman–Crippen LogP) is 5.29. The maximum Gasteiger partial charge on any atom is 0.271 e. The van der Waals surface area contributed by atoms with Crippen molar-refractivity contribution in [2.24, 2.45) is 15.3 Å². The number of hydrazone groups is 1. The molecule has 0 atom stereocenters. The molecule has 2 aromatic carbocycles. The van der Waals surface area contributed by atoms with Crippen molar-refractivity contribution in [2.45, 2.75) is 6.92 Å². The van der Waals surface area contributed by atoms with Gasteiger partial charge in [-0.2, -0.15) is 5.10 Å². The number of imidazole rings is 1. The first-order chi connectivity index (χ1) is 15.0. The first-order valence-corrected chi connectivity index (χ1v) is 10.1. The summed E-state index contributed by atoms with van der Waals surface area (Å²) in [6, 6.07) is 17.4. The molecule has 31 heavy (non-hydrogen) atoms. The minimum Gasteiger partial charge on any atom is -0.507 e. The van der Waals surface area contributed by atoms with Crippen molar-refractivity contribution in [3.63, 3.8) is 0 Å². The first kappa shape index (κ1) is 20.4. The van der Waals surface area contributed by atoms with Crippen LogP contribution in [0, 0.1) is 6.92 Å². The summed E-state index contributed by atoms with van der Waals surface area (Å²) in [7, 11) is 0. The van der Waals surface area contributed by atoms with Crippen LogP contribution >= 0.6 is 15.9 Å². The zero-order valence-corrected chi connectivity index (χ0v) is 18.0. The Morgan fingerprint density at radius 3 is 2.71 bits per heavy atom. The van der Waals surface area contributed by atoms with Crippen LogP contribution in [-0.2, 0) is 0 Å². The second-order valence-electron chi connectivity index (χ2n) is 6.60. The summed E-state index contributed by atoms with van der Waals surface area (Å²) in [4.78, 5) is 16.7. The van der Waals surface area contributed by atoms with E-state index in [1.54, 1.807) is 42.5 Å². The number of halogens is 1. The lowest BCUT2D eigenvalue weighted by atomic mass is 10.2. The number of phenols is 1. The molecule has 1 amide bonds. The number of rotatable bonds is 5. The van der Waals surface area contributed by atoms with Crippen LogP contribution in [0.15, 0.2) is 86.7 Å². The smallest absolute Gasteiger partial charge is 0.271 e. The van der Waals surface area contributed by atoms with Crippen molar-refractivity contribution in [1.82, 2.24) is 14.8 Å². The average Bonchev–Trinajstić information content (AvgIpc) is 3.09. The Balaban J connectivity index is 1.42. The molecular formula is C22H17BrN6O2. The number of nitrogens with zero attached hydrogens (tertiary/aromatic N) is 5. The Morgan fingerprint density at radius 1 is 1.13 bits per heavy atom. The van der Waals surface area contributed by atoms with Crippen LogP contribution in [0.4, 0.5) is 11.5 Å². The highest BCUT2D eigenvalue weighted by atomic mass is 79.9. The fourth-order valence-electron chi connectivity index (χ4n) is 2.86. The molecule has 0 aliphatic carbocycles. The van der Waals surface area contributed by atoms with Crippen LogP contribution in [-0.4, -0.2) is 26.6 Å². The zero-order valence-electron chi connectivity index (χ0n) is 16.4. The summed E-state index contributed by atoms with van der Waals surface area (Å²) < 4.78 is 2.61. The van der Waals surface area contributed by atoms with E-state index in [0.717, 1.165) is 15.8 Å². The van der Waals surface area contributed by atoms with E-state index < -0.39 is 0 Å². The topological polar surface area (TPSA) is 104 Å². The molecule has 2 N–H and O–H groups in total. The Labute approximate surface area is 186 Å². The number of carbonyl (C=O) groups excluding carboxylic acids is 1. The number of aromatic nitrogens is 2. The summed E-state index contributed by atoms with van der Waals surface area (Å²) in [6.45, 7) is 1.88. The Morgan fingerprint density at radius 2 is 1.94 bits per heavy atom. The monoisotopic (exact) mass is 476 g/mol. The van der Waals surface area contributed by atoms with Gasteiger partial charge in [-0.05, 0) is 61.5 Å². The van der Waals surface area contributed by atoms with Gasteiger partial charge >= 0.3 is 0 Å². The van der Waals surface area contributed by atoms with Crippen LogP contribution in [0.3, 0.4) is 0 Å². The molecule has 0 saturated heterocycles. The third-order valence-electron chi connectivity index (χ3n) is 4.42. The summed E-state index contributed by atoms with van der Waals surface area (Å²) in [6.07, 6.45) is 3.26. The van der Waals surface area contributed by atoms with Crippen molar-refractivity contribution in [2.75, 3.05) is 0 Å². The highest BCUT2D eigenvalue weighted by Gasteiger charge is 2.08. The Hall–Kier alpha value is -3.85. The van der Waals surface area contributed by atoms with Crippen LogP contribution in [0.1, 0.15) is 21.6 Å². The molecule has 0 saturated carbocycles. The molecule has 0 aliphatic heterocycles. The van der Waals surface area contributed by atoms with Gasteiger partial charge < -0.3 is 5.11 Å². The van der Waals surface area contributed by atoms with Crippen molar-refractivity contribution < 1.29 is 9.90 Å². The van der Waals surface area contributed by atoms with Crippen molar-refractivity contribution in [3.8, 4) is 5.75 Å². The number of hydrogen-bond donors (Lipinski definition) is 2. The molecule has 0 radical (unpaired) electrons.